The number of benzene rings is 1. The normalized spacial score (nSPS) is 17.1. The zero-order valence-corrected chi connectivity index (χ0v) is 11.7. The van der Waals surface area contributed by atoms with Gasteiger partial charge in [-0.1, -0.05) is 5.16 Å². The van der Waals surface area contributed by atoms with Crippen LogP contribution in [0.3, 0.4) is 0 Å². The molecule has 0 amide bonds. The molecular weight excluding hydrogens is 262 g/mol. The van der Waals surface area contributed by atoms with Crippen LogP contribution in [-0.4, -0.2) is 39.1 Å². The molecular formula is C14H17NO5. The maximum Gasteiger partial charge on any atom is 0.309 e. The maximum atomic E-state index is 11.2. The van der Waals surface area contributed by atoms with Crippen LogP contribution in [0, 0.1) is 0 Å². The van der Waals surface area contributed by atoms with E-state index in [1.54, 1.807) is 14.2 Å². The van der Waals surface area contributed by atoms with Gasteiger partial charge in [0.2, 0.25) is 0 Å². The summed E-state index contributed by atoms with van der Waals surface area (Å²) in [7, 11) is 4.54. The summed E-state index contributed by atoms with van der Waals surface area (Å²) in [4.78, 5) is 16.5. The van der Waals surface area contributed by atoms with E-state index in [0.29, 0.717) is 17.9 Å². The third-order valence-electron chi connectivity index (χ3n) is 3.07. The largest absolute Gasteiger partial charge is 0.497 e. The number of esters is 1. The van der Waals surface area contributed by atoms with Crippen LogP contribution in [0.5, 0.6) is 11.5 Å². The van der Waals surface area contributed by atoms with Crippen LogP contribution in [0.2, 0.25) is 0 Å². The Morgan fingerprint density at radius 3 is 2.80 bits per heavy atom. The third kappa shape index (κ3) is 3.01. The Bertz CT molecular complexity index is 526. The molecule has 0 aliphatic carbocycles. The van der Waals surface area contributed by atoms with Crippen molar-refractivity contribution in [3.8, 4) is 11.5 Å². The molecule has 0 spiro atoms. The Hall–Kier alpha value is -2.24. The number of rotatable bonds is 5. The molecule has 0 radical (unpaired) electrons. The number of carbonyl (C=O) groups is 1. The van der Waals surface area contributed by atoms with E-state index in [2.05, 4.69) is 9.89 Å². The van der Waals surface area contributed by atoms with Gasteiger partial charge in [-0.2, -0.15) is 0 Å². The van der Waals surface area contributed by atoms with E-state index in [1.165, 1.54) is 7.11 Å². The Kier molecular flexibility index (Phi) is 4.45. The second-order valence-corrected chi connectivity index (χ2v) is 4.32. The van der Waals surface area contributed by atoms with Gasteiger partial charge in [0.15, 0.2) is 0 Å². The van der Waals surface area contributed by atoms with Crippen LogP contribution >= 0.6 is 0 Å². The minimum absolute atomic E-state index is 0.176. The van der Waals surface area contributed by atoms with Gasteiger partial charge in [-0.15, -0.1) is 0 Å². The van der Waals surface area contributed by atoms with Gasteiger partial charge in [-0.25, -0.2) is 0 Å². The number of nitrogens with zero attached hydrogens (tertiary/aromatic N) is 1. The van der Waals surface area contributed by atoms with E-state index in [-0.39, 0.29) is 18.5 Å². The fourth-order valence-corrected chi connectivity index (χ4v) is 2.01. The lowest BCUT2D eigenvalue weighted by Gasteiger charge is -2.09. The van der Waals surface area contributed by atoms with Crippen molar-refractivity contribution in [2.75, 3.05) is 21.3 Å². The summed E-state index contributed by atoms with van der Waals surface area (Å²) in [5.41, 5.74) is 1.54. The molecule has 0 bridgehead atoms. The molecule has 1 aromatic carbocycles. The van der Waals surface area contributed by atoms with Crippen LogP contribution in [0.1, 0.15) is 18.4 Å². The van der Waals surface area contributed by atoms with Gasteiger partial charge in [-0.3, -0.25) is 4.79 Å². The lowest BCUT2D eigenvalue weighted by molar-refractivity contribution is -0.143. The molecule has 0 saturated carbocycles. The van der Waals surface area contributed by atoms with Crippen molar-refractivity contribution in [2.24, 2.45) is 5.16 Å². The van der Waals surface area contributed by atoms with E-state index >= 15 is 0 Å². The summed E-state index contributed by atoms with van der Waals surface area (Å²) in [6.07, 6.45) is 0.405. The van der Waals surface area contributed by atoms with Crippen LogP contribution in [-0.2, 0) is 14.4 Å². The average Bonchev–Trinajstić information content (AvgIpc) is 2.94. The van der Waals surface area contributed by atoms with Crippen LogP contribution in [0.4, 0.5) is 0 Å². The topological polar surface area (TPSA) is 66.4 Å². The molecule has 2 rings (SSSR count). The molecule has 0 N–H and O–H groups in total. The number of methoxy groups -OCH3 is 3. The molecule has 0 aromatic heterocycles. The van der Waals surface area contributed by atoms with Crippen molar-refractivity contribution in [3.05, 3.63) is 23.8 Å². The zero-order valence-electron chi connectivity index (χ0n) is 11.7. The Morgan fingerprint density at radius 2 is 2.15 bits per heavy atom. The first kappa shape index (κ1) is 14.2. The van der Waals surface area contributed by atoms with Gasteiger partial charge >= 0.3 is 5.97 Å². The van der Waals surface area contributed by atoms with E-state index in [0.717, 1.165) is 11.3 Å². The maximum absolute atomic E-state index is 11.2. The highest BCUT2D eigenvalue weighted by Gasteiger charge is 2.27. The van der Waals surface area contributed by atoms with Gasteiger partial charge in [0, 0.05) is 12.0 Å². The van der Waals surface area contributed by atoms with Gasteiger partial charge in [-0.05, 0) is 18.2 Å². The second kappa shape index (κ2) is 6.27. The first-order valence-electron chi connectivity index (χ1n) is 6.19. The zero-order chi connectivity index (χ0) is 14.5. The molecule has 20 heavy (non-hydrogen) atoms. The predicted molar refractivity (Wildman–Crippen MR) is 72.2 cm³/mol. The highest BCUT2D eigenvalue weighted by molar-refractivity contribution is 6.04. The molecule has 1 heterocycles. The van der Waals surface area contributed by atoms with E-state index in [9.17, 15) is 4.79 Å². The Balaban J connectivity index is 2.14. The fraction of sp³-hybridized carbons (Fsp3) is 0.429. The lowest BCUT2D eigenvalue weighted by Crippen LogP contribution is -2.15. The molecule has 1 atom stereocenters. The average molecular weight is 279 g/mol. The molecule has 1 aliphatic rings. The van der Waals surface area contributed by atoms with Crippen molar-refractivity contribution < 1.29 is 23.8 Å². The molecule has 6 nitrogen and oxygen atoms in total. The van der Waals surface area contributed by atoms with Crippen molar-refractivity contribution in [2.45, 2.75) is 18.9 Å². The highest BCUT2D eigenvalue weighted by Crippen LogP contribution is 2.29. The van der Waals surface area contributed by atoms with Gasteiger partial charge in [0.05, 0.1) is 33.5 Å². The molecule has 1 aliphatic heterocycles. The van der Waals surface area contributed by atoms with Crippen LogP contribution in [0.25, 0.3) is 0 Å². The quantitative estimate of drug-likeness (QED) is 0.768. The molecule has 1 aromatic rings. The van der Waals surface area contributed by atoms with E-state index < -0.39 is 0 Å². The standard InChI is InChI=1S/C14H17NO5/c1-17-9-4-5-13(18-2)11(6-9)12-7-10(20-15-12)8-14(16)19-3/h4-6,10H,7-8H2,1-3H3. The highest BCUT2D eigenvalue weighted by atomic mass is 16.6. The Labute approximate surface area is 117 Å². The second-order valence-electron chi connectivity index (χ2n) is 4.32. The smallest absolute Gasteiger partial charge is 0.309 e. The lowest BCUT2D eigenvalue weighted by atomic mass is 10.0. The first-order valence-corrected chi connectivity index (χ1v) is 6.19. The third-order valence-corrected chi connectivity index (χ3v) is 3.07. The molecule has 6 heteroatoms. The van der Waals surface area contributed by atoms with Crippen molar-refractivity contribution in [3.63, 3.8) is 0 Å². The summed E-state index contributed by atoms with van der Waals surface area (Å²) < 4.78 is 15.1. The van der Waals surface area contributed by atoms with Gasteiger partial charge in [0.25, 0.3) is 0 Å². The van der Waals surface area contributed by atoms with Crippen LogP contribution < -0.4 is 9.47 Å². The molecule has 1 unspecified atom stereocenters. The van der Waals surface area contributed by atoms with Gasteiger partial charge in [0.1, 0.15) is 17.6 Å². The number of hydrogen-bond donors (Lipinski definition) is 0. The minimum Gasteiger partial charge on any atom is -0.497 e. The van der Waals surface area contributed by atoms with Crippen molar-refractivity contribution >= 4 is 11.7 Å². The SMILES string of the molecule is COC(=O)CC1CC(c2cc(OC)ccc2OC)=NO1. The van der Waals surface area contributed by atoms with E-state index in [4.69, 9.17) is 14.3 Å². The van der Waals surface area contributed by atoms with Crippen LogP contribution in [0.15, 0.2) is 23.4 Å². The number of carbonyl (C=O) groups excluding carboxylic acids is 1. The first-order chi connectivity index (χ1) is 9.67. The van der Waals surface area contributed by atoms with E-state index in [1.807, 2.05) is 18.2 Å². The monoisotopic (exact) mass is 279 g/mol. The number of oxime groups is 1. The minimum atomic E-state index is -0.316. The van der Waals surface area contributed by atoms with Crippen molar-refractivity contribution in [1.82, 2.24) is 0 Å². The Morgan fingerprint density at radius 1 is 1.35 bits per heavy atom. The fourth-order valence-electron chi connectivity index (χ4n) is 2.01. The number of hydrogen-bond acceptors (Lipinski definition) is 6. The summed E-state index contributed by atoms with van der Waals surface area (Å²) in [5.74, 6) is 1.08. The van der Waals surface area contributed by atoms with Gasteiger partial charge < -0.3 is 19.0 Å². The van der Waals surface area contributed by atoms with Crippen molar-refractivity contribution in [1.29, 1.82) is 0 Å². The molecule has 0 fully saturated rings. The summed E-state index contributed by atoms with van der Waals surface area (Å²) >= 11 is 0. The summed E-state index contributed by atoms with van der Waals surface area (Å²) in [6.45, 7) is 0. The molecule has 108 valence electrons. The number of ether oxygens (including phenoxy) is 3. The summed E-state index contributed by atoms with van der Waals surface area (Å²) in [5, 5.41) is 4.03. The predicted octanol–water partition coefficient (Wildman–Crippen LogP) is 1.76. The molecule has 0 saturated heterocycles. The summed E-state index contributed by atoms with van der Waals surface area (Å²) in [6, 6.07) is 5.45.